The van der Waals surface area contributed by atoms with Crippen molar-refractivity contribution in [1.82, 2.24) is 9.55 Å². The number of nitrogens with one attached hydrogen (secondary N) is 1. The molecule has 0 aliphatic carbocycles. The molecule has 1 N–H and O–H groups in total. The number of anilines is 1. The van der Waals surface area contributed by atoms with Gasteiger partial charge in [0.1, 0.15) is 11.4 Å². The Balaban J connectivity index is 1.43. The lowest BCUT2D eigenvalue weighted by molar-refractivity contribution is -0.116. The molecule has 5 nitrogen and oxygen atoms in total. The van der Waals surface area contributed by atoms with Crippen LogP contribution >= 0.6 is 34.5 Å². The minimum absolute atomic E-state index is 0.186. The molecule has 0 aliphatic rings. The van der Waals surface area contributed by atoms with Crippen LogP contribution in [-0.4, -0.2) is 15.5 Å². The lowest BCUT2D eigenvalue weighted by atomic mass is 10.0. The summed E-state index contributed by atoms with van der Waals surface area (Å²) in [4.78, 5) is 30.9. The summed E-state index contributed by atoms with van der Waals surface area (Å²) in [5.41, 5.74) is 4.12. The Morgan fingerprint density at radius 1 is 0.912 bits per heavy atom. The molecule has 0 saturated heterocycles. The Kier molecular flexibility index (Phi) is 6.20. The Bertz CT molecular complexity index is 1540. The van der Waals surface area contributed by atoms with Crippen LogP contribution in [0, 0.1) is 0 Å². The minimum atomic E-state index is -0.384. The van der Waals surface area contributed by atoms with E-state index < -0.39 is 0 Å². The zero-order valence-corrected chi connectivity index (χ0v) is 20.0. The molecule has 3 aromatic carbocycles. The summed E-state index contributed by atoms with van der Waals surface area (Å²) >= 11 is 13.4. The molecule has 5 aromatic rings. The number of thiophene rings is 1. The van der Waals surface area contributed by atoms with Crippen molar-refractivity contribution in [2.75, 3.05) is 5.32 Å². The predicted molar refractivity (Wildman–Crippen MR) is 140 cm³/mol. The largest absolute Gasteiger partial charge is 0.324 e. The second-order valence-electron chi connectivity index (χ2n) is 7.66. The topological polar surface area (TPSA) is 64.0 Å². The highest BCUT2D eigenvalue weighted by Gasteiger charge is 2.15. The molecular weight excluding hydrogens is 489 g/mol. The van der Waals surface area contributed by atoms with Crippen molar-refractivity contribution in [3.63, 3.8) is 0 Å². The first-order chi connectivity index (χ1) is 16.5. The molecule has 1 amide bonds. The van der Waals surface area contributed by atoms with Crippen molar-refractivity contribution in [1.29, 1.82) is 0 Å². The van der Waals surface area contributed by atoms with E-state index in [0.29, 0.717) is 25.9 Å². The van der Waals surface area contributed by atoms with Crippen LogP contribution in [0.1, 0.15) is 0 Å². The van der Waals surface area contributed by atoms with Gasteiger partial charge in [-0.1, -0.05) is 77.8 Å². The Morgan fingerprint density at radius 3 is 2.26 bits per heavy atom. The maximum Gasteiger partial charge on any atom is 0.263 e. The third-order valence-corrected chi connectivity index (χ3v) is 6.65. The SMILES string of the molecule is O=C(Cn1cnc2scc(-c3ccc(-c4ccccc4)cc3)c2c1=O)Nc1cc(Cl)cc(Cl)c1. The summed E-state index contributed by atoms with van der Waals surface area (Å²) in [7, 11) is 0. The van der Waals surface area contributed by atoms with Crippen molar-refractivity contribution >= 4 is 56.3 Å². The first kappa shape index (κ1) is 22.3. The lowest BCUT2D eigenvalue weighted by Crippen LogP contribution is -2.27. The van der Waals surface area contributed by atoms with Crippen molar-refractivity contribution in [3.05, 3.63) is 105 Å². The predicted octanol–water partition coefficient (Wildman–Crippen LogP) is 6.74. The van der Waals surface area contributed by atoms with Crippen molar-refractivity contribution in [3.8, 4) is 22.3 Å². The molecule has 168 valence electrons. The van der Waals surface area contributed by atoms with E-state index in [9.17, 15) is 9.59 Å². The minimum Gasteiger partial charge on any atom is -0.324 e. The highest BCUT2D eigenvalue weighted by molar-refractivity contribution is 7.17. The van der Waals surface area contributed by atoms with Crippen LogP contribution in [0.15, 0.2) is 89.3 Å². The monoisotopic (exact) mass is 505 g/mol. The fourth-order valence-electron chi connectivity index (χ4n) is 3.75. The van der Waals surface area contributed by atoms with Gasteiger partial charge in [-0.2, -0.15) is 0 Å². The summed E-state index contributed by atoms with van der Waals surface area (Å²) in [5.74, 6) is -0.384. The number of hydrogen-bond donors (Lipinski definition) is 1. The molecule has 0 unspecified atom stereocenters. The first-order valence-corrected chi connectivity index (χ1v) is 12.0. The Hall–Kier alpha value is -3.45. The molecule has 0 spiro atoms. The number of rotatable bonds is 5. The molecule has 34 heavy (non-hydrogen) atoms. The van der Waals surface area contributed by atoms with Crippen LogP contribution in [0.2, 0.25) is 10.0 Å². The lowest BCUT2D eigenvalue weighted by Gasteiger charge is -2.09. The quantitative estimate of drug-likeness (QED) is 0.287. The van der Waals surface area contributed by atoms with Gasteiger partial charge >= 0.3 is 0 Å². The van der Waals surface area contributed by atoms with Gasteiger partial charge in [-0.05, 0) is 34.9 Å². The third kappa shape index (κ3) is 4.61. The highest BCUT2D eigenvalue weighted by atomic mass is 35.5. The maximum atomic E-state index is 13.3. The smallest absolute Gasteiger partial charge is 0.263 e. The molecule has 0 radical (unpaired) electrons. The summed E-state index contributed by atoms with van der Waals surface area (Å²) in [6, 6.07) is 22.9. The molecule has 2 aromatic heterocycles. The molecular formula is C26H17Cl2N3O2S. The fourth-order valence-corrected chi connectivity index (χ4v) is 5.18. The molecule has 0 atom stereocenters. The molecule has 0 fully saturated rings. The normalized spacial score (nSPS) is 11.0. The highest BCUT2D eigenvalue weighted by Crippen LogP contribution is 2.32. The van der Waals surface area contributed by atoms with Crippen LogP contribution in [0.4, 0.5) is 5.69 Å². The van der Waals surface area contributed by atoms with E-state index in [-0.39, 0.29) is 18.0 Å². The van der Waals surface area contributed by atoms with E-state index in [0.717, 1.165) is 22.3 Å². The van der Waals surface area contributed by atoms with E-state index >= 15 is 0 Å². The standard InChI is InChI=1S/C26H17Cl2N3O2S/c27-19-10-20(28)12-21(11-19)30-23(32)13-31-15-29-25-24(26(31)33)22(14-34-25)18-8-6-17(7-9-18)16-4-2-1-3-5-16/h1-12,14-15H,13H2,(H,30,32). The van der Waals surface area contributed by atoms with E-state index in [2.05, 4.69) is 22.4 Å². The van der Waals surface area contributed by atoms with E-state index in [1.807, 2.05) is 47.8 Å². The zero-order valence-electron chi connectivity index (χ0n) is 17.7. The van der Waals surface area contributed by atoms with Gasteiger partial charge in [-0.15, -0.1) is 11.3 Å². The number of amides is 1. The van der Waals surface area contributed by atoms with E-state index in [4.69, 9.17) is 23.2 Å². The van der Waals surface area contributed by atoms with E-state index in [1.165, 1.54) is 22.2 Å². The van der Waals surface area contributed by atoms with Crippen LogP contribution in [0.5, 0.6) is 0 Å². The average molecular weight is 506 g/mol. The number of halogens is 2. The van der Waals surface area contributed by atoms with E-state index in [1.54, 1.807) is 18.2 Å². The van der Waals surface area contributed by atoms with Gasteiger partial charge in [0.05, 0.1) is 11.7 Å². The number of aromatic nitrogens is 2. The number of fused-ring (bicyclic) bond motifs is 1. The number of benzene rings is 3. The number of nitrogens with zero attached hydrogens (tertiary/aromatic N) is 2. The molecule has 2 heterocycles. The fraction of sp³-hybridized carbons (Fsp3) is 0.0385. The van der Waals surface area contributed by atoms with Crippen molar-refractivity contribution in [2.24, 2.45) is 0 Å². The number of hydrogen-bond acceptors (Lipinski definition) is 4. The van der Waals surface area contributed by atoms with Crippen LogP contribution in [0.3, 0.4) is 0 Å². The third-order valence-electron chi connectivity index (χ3n) is 5.32. The van der Waals surface area contributed by atoms with Crippen molar-refractivity contribution < 1.29 is 4.79 Å². The average Bonchev–Trinajstić information content (AvgIpc) is 3.26. The van der Waals surface area contributed by atoms with Gasteiger partial charge in [0, 0.05) is 26.7 Å². The Morgan fingerprint density at radius 2 is 1.56 bits per heavy atom. The molecule has 5 rings (SSSR count). The summed E-state index contributed by atoms with van der Waals surface area (Å²) in [6.45, 7) is -0.186. The van der Waals surface area contributed by atoms with Crippen molar-refractivity contribution in [2.45, 2.75) is 6.54 Å². The van der Waals surface area contributed by atoms with Crippen LogP contribution in [0.25, 0.3) is 32.5 Å². The zero-order chi connectivity index (χ0) is 23.7. The molecule has 0 bridgehead atoms. The first-order valence-electron chi connectivity index (χ1n) is 10.4. The van der Waals surface area contributed by atoms with Gasteiger partial charge < -0.3 is 5.32 Å². The van der Waals surface area contributed by atoms with Gasteiger partial charge in [0.25, 0.3) is 5.56 Å². The molecule has 0 aliphatic heterocycles. The second-order valence-corrected chi connectivity index (χ2v) is 9.39. The maximum absolute atomic E-state index is 13.3. The number of carbonyl (C=O) groups excluding carboxylic acids is 1. The van der Waals surface area contributed by atoms with Crippen LogP contribution < -0.4 is 10.9 Å². The van der Waals surface area contributed by atoms with Gasteiger partial charge in [0.2, 0.25) is 5.91 Å². The summed E-state index contributed by atoms with van der Waals surface area (Å²) in [5, 5.41) is 5.95. The van der Waals surface area contributed by atoms with Gasteiger partial charge in [0.15, 0.2) is 0 Å². The van der Waals surface area contributed by atoms with Crippen LogP contribution in [-0.2, 0) is 11.3 Å². The summed E-state index contributed by atoms with van der Waals surface area (Å²) < 4.78 is 1.30. The van der Waals surface area contributed by atoms with Gasteiger partial charge in [-0.3, -0.25) is 14.2 Å². The molecule has 0 saturated carbocycles. The summed E-state index contributed by atoms with van der Waals surface area (Å²) in [6.07, 6.45) is 1.40. The van der Waals surface area contributed by atoms with Gasteiger partial charge in [-0.25, -0.2) is 4.98 Å². The number of carbonyl (C=O) groups is 1. The molecule has 8 heteroatoms. The second kappa shape index (κ2) is 9.43. The Labute approximate surface area is 209 Å².